The number of aromatic nitrogens is 3. The number of rotatable bonds is 8. The Balaban J connectivity index is 1.55. The molecule has 2 aromatic carbocycles. The molecule has 0 radical (unpaired) electrons. The fourth-order valence-corrected chi connectivity index (χ4v) is 3.06. The standard InChI is InChI=1S/C17H15ClN8O3S/c18-14-7-2-1-4-11(14)9-20-22-16-23-24-17(25(16)19)30-10-15(27)21-12-5-3-6-13(8-12)26(28)29/h1-9H,10,19H2,(H,21,27)(H,22,23)/b20-9+. The molecule has 0 fully saturated rings. The van der Waals surface area contributed by atoms with Crippen LogP contribution in [0.1, 0.15) is 5.56 Å². The molecule has 1 aromatic heterocycles. The average molecular weight is 447 g/mol. The van der Waals surface area contributed by atoms with Gasteiger partial charge >= 0.3 is 0 Å². The normalized spacial score (nSPS) is 10.8. The number of amides is 1. The van der Waals surface area contributed by atoms with E-state index in [0.717, 1.165) is 16.4 Å². The van der Waals surface area contributed by atoms with Crippen molar-refractivity contribution in [3.63, 3.8) is 0 Å². The number of carbonyl (C=O) groups is 1. The molecule has 13 heteroatoms. The molecule has 0 aliphatic rings. The van der Waals surface area contributed by atoms with Crippen LogP contribution in [0.4, 0.5) is 17.3 Å². The summed E-state index contributed by atoms with van der Waals surface area (Å²) in [5.74, 6) is 5.67. The molecule has 0 atom stereocenters. The molecular weight excluding hydrogens is 432 g/mol. The first-order chi connectivity index (χ1) is 14.4. The zero-order valence-electron chi connectivity index (χ0n) is 15.2. The highest BCUT2D eigenvalue weighted by atomic mass is 35.5. The molecule has 1 amide bonds. The molecule has 0 aliphatic heterocycles. The van der Waals surface area contributed by atoms with Crippen molar-refractivity contribution in [2.45, 2.75) is 5.16 Å². The second-order valence-corrected chi connectivity index (χ2v) is 7.06. The van der Waals surface area contributed by atoms with Gasteiger partial charge in [0.15, 0.2) is 0 Å². The van der Waals surface area contributed by atoms with Gasteiger partial charge in [-0.15, -0.1) is 10.2 Å². The van der Waals surface area contributed by atoms with Crippen molar-refractivity contribution in [2.24, 2.45) is 5.10 Å². The molecule has 0 aliphatic carbocycles. The Bertz CT molecular complexity index is 1100. The van der Waals surface area contributed by atoms with Crippen LogP contribution >= 0.6 is 23.4 Å². The number of nitrogens with two attached hydrogens (primary N) is 1. The summed E-state index contributed by atoms with van der Waals surface area (Å²) in [4.78, 5) is 22.4. The Labute approximate surface area is 179 Å². The molecule has 0 saturated carbocycles. The minimum absolute atomic E-state index is 0.0269. The first-order valence-electron chi connectivity index (χ1n) is 8.35. The minimum Gasteiger partial charge on any atom is -0.334 e. The summed E-state index contributed by atoms with van der Waals surface area (Å²) >= 11 is 7.09. The molecule has 1 heterocycles. The second-order valence-electron chi connectivity index (χ2n) is 5.71. The van der Waals surface area contributed by atoms with Gasteiger partial charge < -0.3 is 11.2 Å². The quantitative estimate of drug-likeness (QED) is 0.157. The molecule has 0 bridgehead atoms. The number of nitrogens with one attached hydrogen (secondary N) is 2. The predicted octanol–water partition coefficient (Wildman–Crippen LogP) is 2.73. The maximum atomic E-state index is 12.1. The van der Waals surface area contributed by atoms with Gasteiger partial charge in [0, 0.05) is 28.4 Å². The van der Waals surface area contributed by atoms with Crippen LogP contribution in [-0.4, -0.2) is 37.7 Å². The van der Waals surface area contributed by atoms with Gasteiger partial charge in [-0.1, -0.05) is 47.6 Å². The van der Waals surface area contributed by atoms with E-state index in [4.69, 9.17) is 17.4 Å². The summed E-state index contributed by atoms with van der Waals surface area (Å²) in [5.41, 5.74) is 3.57. The van der Waals surface area contributed by atoms with Crippen molar-refractivity contribution >= 4 is 52.8 Å². The topological polar surface area (TPSA) is 153 Å². The third-order valence-electron chi connectivity index (χ3n) is 3.61. The zero-order chi connectivity index (χ0) is 21.5. The zero-order valence-corrected chi connectivity index (χ0v) is 16.8. The van der Waals surface area contributed by atoms with Crippen LogP contribution in [-0.2, 0) is 4.79 Å². The van der Waals surface area contributed by atoms with Gasteiger partial charge in [-0.25, -0.2) is 10.1 Å². The van der Waals surface area contributed by atoms with Gasteiger partial charge in [-0.3, -0.25) is 14.9 Å². The number of nitrogen functional groups attached to an aromatic ring is 1. The fourth-order valence-electron chi connectivity index (χ4n) is 2.22. The van der Waals surface area contributed by atoms with Crippen LogP contribution in [0, 0.1) is 10.1 Å². The monoisotopic (exact) mass is 446 g/mol. The van der Waals surface area contributed by atoms with Crippen LogP contribution in [0.15, 0.2) is 58.8 Å². The van der Waals surface area contributed by atoms with Crippen LogP contribution in [0.25, 0.3) is 0 Å². The molecule has 3 aromatic rings. The number of non-ortho nitro benzene ring substituents is 1. The van der Waals surface area contributed by atoms with Crippen LogP contribution in [0.5, 0.6) is 0 Å². The van der Waals surface area contributed by atoms with Gasteiger partial charge in [0.05, 0.1) is 16.9 Å². The summed E-state index contributed by atoms with van der Waals surface area (Å²) in [5, 5.41) is 26.0. The Morgan fingerprint density at radius 1 is 1.30 bits per heavy atom. The average Bonchev–Trinajstić information content (AvgIpc) is 3.07. The van der Waals surface area contributed by atoms with E-state index in [-0.39, 0.29) is 28.5 Å². The highest BCUT2D eigenvalue weighted by molar-refractivity contribution is 7.99. The van der Waals surface area contributed by atoms with Crippen LogP contribution in [0.3, 0.4) is 0 Å². The third kappa shape index (κ3) is 5.46. The number of halogens is 1. The Morgan fingerprint density at radius 3 is 2.87 bits per heavy atom. The van der Waals surface area contributed by atoms with E-state index < -0.39 is 4.92 Å². The fraction of sp³-hybridized carbons (Fsp3) is 0.0588. The predicted molar refractivity (Wildman–Crippen MR) is 115 cm³/mol. The van der Waals surface area contributed by atoms with Crippen molar-refractivity contribution < 1.29 is 9.72 Å². The van der Waals surface area contributed by atoms with Crippen molar-refractivity contribution in [1.29, 1.82) is 0 Å². The SMILES string of the molecule is Nn1c(N/N=C/c2ccccc2Cl)nnc1SCC(=O)Nc1cccc([N+](=O)[O-])c1. The van der Waals surface area contributed by atoms with E-state index >= 15 is 0 Å². The molecule has 0 unspecified atom stereocenters. The van der Waals surface area contributed by atoms with Gasteiger partial charge in [-0.05, 0) is 12.1 Å². The summed E-state index contributed by atoms with van der Waals surface area (Å²) < 4.78 is 1.15. The van der Waals surface area contributed by atoms with Gasteiger partial charge in [-0.2, -0.15) is 5.10 Å². The summed E-state index contributed by atoms with van der Waals surface area (Å²) in [6, 6.07) is 12.8. The lowest BCUT2D eigenvalue weighted by Crippen LogP contribution is -2.17. The number of nitrogens with zero attached hydrogens (tertiary/aromatic N) is 5. The molecule has 3 rings (SSSR count). The van der Waals surface area contributed by atoms with E-state index in [1.54, 1.807) is 18.2 Å². The van der Waals surface area contributed by atoms with Gasteiger partial charge in [0.1, 0.15) is 0 Å². The lowest BCUT2D eigenvalue weighted by atomic mass is 10.2. The smallest absolute Gasteiger partial charge is 0.271 e. The number of hydrazone groups is 1. The summed E-state index contributed by atoms with van der Waals surface area (Å²) in [6.07, 6.45) is 1.51. The van der Waals surface area contributed by atoms with Crippen molar-refractivity contribution in [3.8, 4) is 0 Å². The first kappa shape index (κ1) is 21.1. The first-order valence-corrected chi connectivity index (χ1v) is 9.71. The van der Waals surface area contributed by atoms with E-state index in [2.05, 4.69) is 26.0 Å². The number of nitro benzene ring substituents is 1. The van der Waals surface area contributed by atoms with Crippen molar-refractivity contribution in [2.75, 3.05) is 22.3 Å². The molecule has 11 nitrogen and oxygen atoms in total. The molecule has 30 heavy (non-hydrogen) atoms. The van der Waals surface area contributed by atoms with Crippen LogP contribution < -0.4 is 16.6 Å². The number of anilines is 2. The van der Waals surface area contributed by atoms with Crippen LogP contribution in [0.2, 0.25) is 5.02 Å². The number of carbonyl (C=O) groups excluding carboxylic acids is 1. The van der Waals surface area contributed by atoms with E-state index in [1.165, 1.54) is 24.4 Å². The van der Waals surface area contributed by atoms with Crippen molar-refractivity contribution in [3.05, 3.63) is 69.2 Å². The van der Waals surface area contributed by atoms with Gasteiger partial charge in [0.2, 0.25) is 11.1 Å². The Hall–Kier alpha value is -3.64. The molecule has 154 valence electrons. The minimum atomic E-state index is -0.538. The number of benzene rings is 2. The van der Waals surface area contributed by atoms with Gasteiger partial charge in [0.25, 0.3) is 11.6 Å². The number of thioether (sulfide) groups is 1. The summed E-state index contributed by atoms with van der Waals surface area (Å²) in [6.45, 7) is 0. The molecular formula is C17H15ClN8O3S. The number of hydrogen-bond donors (Lipinski definition) is 3. The highest BCUT2D eigenvalue weighted by Gasteiger charge is 2.13. The largest absolute Gasteiger partial charge is 0.334 e. The molecule has 0 saturated heterocycles. The highest BCUT2D eigenvalue weighted by Crippen LogP contribution is 2.20. The van der Waals surface area contributed by atoms with Crippen molar-refractivity contribution in [1.82, 2.24) is 14.9 Å². The number of hydrogen-bond acceptors (Lipinski definition) is 9. The van der Waals surface area contributed by atoms with E-state index in [9.17, 15) is 14.9 Å². The number of nitro groups is 1. The third-order valence-corrected chi connectivity index (χ3v) is 4.90. The lowest BCUT2D eigenvalue weighted by Gasteiger charge is -2.05. The maximum absolute atomic E-state index is 12.1. The Morgan fingerprint density at radius 2 is 2.10 bits per heavy atom. The maximum Gasteiger partial charge on any atom is 0.271 e. The summed E-state index contributed by atoms with van der Waals surface area (Å²) in [7, 11) is 0. The second kappa shape index (κ2) is 9.71. The Kier molecular flexibility index (Phi) is 6.83. The lowest BCUT2D eigenvalue weighted by molar-refractivity contribution is -0.384. The molecule has 4 N–H and O–H groups in total. The van der Waals surface area contributed by atoms with E-state index in [0.29, 0.717) is 16.3 Å². The van der Waals surface area contributed by atoms with E-state index in [1.807, 2.05) is 12.1 Å². The molecule has 0 spiro atoms.